The first-order valence-electron chi connectivity index (χ1n) is 9.56. The number of aryl methyl sites for hydroxylation is 2. The highest BCUT2D eigenvalue weighted by Gasteiger charge is 2.18. The summed E-state index contributed by atoms with van der Waals surface area (Å²) in [6.45, 7) is 5.16. The van der Waals surface area contributed by atoms with Crippen molar-refractivity contribution in [2.75, 3.05) is 6.61 Å². The van der Waals surface area contributed by atoms with Gasteiger partial charge in [0.2, 0.25) is 0 Å². The maximum absolute atomic E-state index is 12.6. The number of pyridine rings is 1. The molecule has 0 bridgehead atoms. The number of nitrogens with one attached hydrogen (secondary N) is 1. The molecule has 0 aliphatic rings. The van der Waals surface area contributed by atoms with Gasteiger partial charge in [-0.15, -0.1) is 11.8 Å². The van der Waals surface area contributed by atoms with Gasteiger partial charge in [0, 0.05) is 22.5 Å². The molecule has 0 radical (unpaired) electrons. The Morgan fingerprint density at radius 1 is 1.23 bits per heavy atom. The molecule has 1 atom stereocenters. The lowest BCUT2D eigenvalue weighted by atomic mass is 10.1. The van der Waals surface area contributed by atoms with Gasteiger partial charge in [-0.2, -0.15) is 0 Å². The van der Waals surface area contributed by atoms with Crippen molar-refractivity contribution in [3.8, 4) is 0 Å². The fourth-order valence-corrected chi connectivity index (χ4v) is 4.10. The molecule has 7 nitrogen and oxygen atoms in total. The zero-order chi connectivity index (χ0) is 22.4. The van der Waals surface area contributed by atoms with Crippen molar-refractivity contribution in [2.45, 2.75) is 37.6 Å². The molecule has 2 heterocycles. The van der Waals surface area contributed by atoms with Crippen molar-refractivity contribution < 1.29 is 18.8 Å². The van der Waals surface area contributed by atoms with Crippen molar-refractivity contribution in [3.05, 3.63) is 75.8 Å². The van der Waals surface area contributed by atoms with Crippen LogP contribution in [-0.4, -0.2) is 28.6 Å². The number of rotatable bonds is 8. The van der Waals surface area contributed by atoms with E-state index in [2.05, 4.69) is 15.5 Å². The average molecular weight is 460 g/mol. The highest BCUT2D eigenvalue weighted by Crippen LogP contribution is 2.27. The minimum absolute atomic E-state index is 0.247. The molecular weight excluding hydrogens is 438 g/mol. The van der Waals surface area contributed by atoms with E-state index in [-0.39, 0.29) is 12.6 Å². The lowest BCUT2D eigenvalue weighted by molar-refractivity contribution is -0.124. The quantitative estimate of drug-likeness (QED) is 0.386. The van der Waals surface area contributed by atoms with Gasteiger partial charge in [0.1, 0.15) is 10.8 Å². The van der Waals surface area contributed by atoms with Gasteiger partial charge in [-0.1, -0.05) is 28.9 Å². The van der Waals surface area contributed by atoms with E-state index in [4.69, 9.17) is 20.9 Å². The van der Waals surface area contributed by atoms with Gasteiger partial charge >= 0.3 is 5.97 Å². The molecule has 3 rings (SSSR count). The van der Waals surface area contributed by atoms with Gasteiger partial charge in [0.15, 0.2) is 6.61 Å². The van der Waals surface area contributed by atoms with Gasteiger partial charge in [0.05, 0.1) is 17.3 Å². The SMILES string of the molecule is Cc1noc(C)c1CSc1ncccc1C(=O)OCC(=O)NC(C)c1ccc(Cl)cc1. The Morgan fingerprint density at radius 2 is 1.97 bits per heavy atom. The van der Waals surface area contributed by atoms with Gasteiger partial charge in [0.25, 0.3) is 5.91 Å². The van der Waals surface area contributed by atoms with Crippen molar-refractivity contribution in [1.29, 1.82) is 0 Å². The molecule has 0 spiro atoms. The summed E-state index contributed by atoms with van der Waals surface area (Å²) in [6.07, 6.45) is 1.60. The molecule has 1 unspecified atom stereocenters. The number of thioether (sulfide) groups is 1. The van der Waals surface area contributed by atoms with Crippen LogP contribution >= 0.6 is 23.4 Å². The number of hydrogen-bond acceptors (Lipinski definition) is 7. The molecule has 1 N–H and O–H groups in total. The predicted molar refractivity (Wildman–Crippen MR) is 118 cm³/mol. The lowest BCUT2D eigenvalue weighted by Crippen LogP contribution is -2.31. The molecule has 9 heteroatoms. The van der Waals surface area contributed by atoms with E-state index in [1.54, 1.807) is 30.5 Å². The van der Waals surface area contributed by atoms with Crippen LogP contribution in [0.25, 0.3) is 0 Å². The molecular formula is C22H22ClN3O4S. The third-order valence-electron chi connectivity index (χ3n) is 4.61. The summed E-state index contributed by atoms with van der Waals surface area (Å²) < 4.78 is 10.4. The molecule has 1 aromatic carbocycles. The number of amides is 1. The Labute approximate surface area is 189 Å². The molecule has 162 valence electrons. The first kappa shape index (κ1) is 22.8. The Balaban J connectivity index is 1.56. The van der Waals surface area contributed by atoms with Crippen LogP contribution in [-0.2, 0) is 15.3 Å². The van der Waals surface area contributed by atoms with E-state index in [0.717, 1.165) is 22.6 Å². The van der Waals surface area contributed by atoms with Crippen molar-refractivity contribution in [1.82, 2.24) is 15.5 Å². The molecule has 3 aromatic rings. The van der Waals surface area contributed by atoms with Crippen LogP contribution in [0.5, 0.6) is 0 Å². The number of aromatic nitrogens is 2. The summed E-state index contributed by atoms with van der Waals surface area (Å²) in [6, 6.07) is 10.2. The van der Waals surface area contributed by atoms with Crippen LogP contribution in [0.1, 0.15) is 45.9 Å². The lowest BCUT2D eigenvalue weighted by Gasteiger charge is -2.14. The fourth-order valence-electron chi connectivity index (χ4n) is 2.84. The van der Waals surface area contributed by atoms with Gasteiger partial charge < -0.3 is 14.6 Å². The highest BCUT2D eigenvalue weighted by molar-refractivity contribution is 7.98. The number of ether oxygens (including phenoxy) is 1. The van der Waals surface area contributed by atoms with Crippen molar-refractivity contribution in [2.24, 2.45) is 0 Å². The topological polar surface area (TPSA) is 94.3 Å². The van der Waals surface area contributed by atoms with Crippen molar-refractivity contribution >= 4 is 35.2 Å². The Bertz CT molecular complexity index is 1050. The van der Waals surface area contributed by atoms with Crippen LogP contribution in [0.15, 0.2) is 52.1 Å². The van der Waals surface area contributed by atoms with E-state index in [9.17, 15) is 9.59 Å². The smallest absolute Gasteiger partial charge is 0.341 e. The van der Waals surface area contributed by atoms with Gasteiger partial charge in [-0.3, -0.25) is 4.79 Å². The number of esters is 1. The Kier molecular flexibility index (Phi) is 7.70. The minimum Gasteiger partial charge on any atom is -0.452 e. The zero-order valence-corrected chi connectivity index (χ0v) is 18.9. The van der Waals surface area contributed by atoms with E-state index in [1.165, 1.54) is 11.8 Å². The Morgan fingerprint density at radius 3 is 2.65 bits per heavy atom. The minimum atomic E-state index is -0.608. The van der Waals surface area contributed by atoms with Crippen LogP contribution in [0.2, 0.25) is 5.02 Å². The first-order valence-corrected chi connectivity index (χ1v) is 10.9. The van der Waals surface area contributed by atoms with E-state index >= 15 is 0 Å². The first-order chi connectivity index (χ1) is 14.8. The molecule has 0 saturated heterocycles. The second-order valence-electron chi connectivity index (χ2n) is 6.86. The maximum atomic E-state index is 12.6. The van der Waals surface area contributed by atoms with Gasteiger partial charge in [-0.25, -0.2) is 9.78 Å². The molecule has 0 aliphatic carbocycles. The number of halogens is 1. The largest absolute Gasteiger partial charge is 0.452 e. The van der Waals surface area contributed by atoms with Crippen LogP contribution in [0.4, 0.5) is 0 Å². The zero-order valence-electron chi connectivity index (χ0n) is 17.3. The summed E-state index contributed by atoms with van der Waals surface area (Å²) in [7, 11) is 0. The summed E-state index contributed by atoms with van der Waals surface area (Å²) in [5.74, 6) is 0.280. The van der Waals surface area contributed by atoms with Crippen LogP contribution < -0.4 is 5.32 Å². The normalized spacial score (nSPS) is 11.7. The predicted octanol–water partition coefficient (Wildman–Crippen LogP) is 4.67. The number of nitrogens with zero attached hydrogens (tertiary/aromatic N) is 2. The van der Waals surface area contributed by atoms with E-state index in [0.29, 0.717) is 21.4 Å². The summed E-state index contributed by atoms with van der Waals surface area (Å²) in [5, 5.41) is 7.87. The highest BCUT2D eigenvalue weighted by atomic mass is 35.5. The number of carbonyl (C=O) groups is 2. The molecule has 1 amide bonds. The number of hydrogen-bond donors (Lipinski definition) is 1. The Hall–Kier alpha value is -2.84. The molecule has 0 saturated carbocycles. The van der Waals surface area contributed by atoms with Crippen LogP contribution in [0, 0.1) is 13.8 Å². The summed E-state index contributed by atoms with van der Waals surface area (Å²) in [5.41, 5.74) is 2.97. The molecule has 0 fully saturated rings. The van der Waals surface area contributed by atoms with Crippen molar-refractivity contribution in [3.63, 3.8) is 0 Å². The molecule has 2 aromatic heterocycles. The molecule has 31 heavy (non-hydrogen) atoms. The monoisotopic (exact) mass is 459 g/mol. The second-order valence-corrected chi connectivity index (χ2v) is 8.26. The maximum Gasteiger partial charge on any atom is 0.341 e. The average Bonchev–Trinajstić information content (AvgIpc) is 3.08. The van der Waals surface area contributed by atoms with E-state index in [1.807, 2.05) is 32.9 Å². The second kappa shape index (κ2) is 10.5. The fraction of sp³-hybridized carbons (Fsp3) is 0.273. The molecule has 0 aliphatic heterocycles. The standard InChI is InChI=1S/C22H22ClN3O4S/c1-13(16-6-8-17(23)9-7-16)25-20(27)11-29-22(28)18-5-4-10-24-21(18)31-12-19-14(2)26-30-15(19)3/h4-10,13H,11-12H2,1-3H3,(H,25,27). The van der Waals surface area contributed by atoms with E-state index < -0.39 is 11.9 Å². The number of benzene rings is 1. The van der Waals surface area contributed by atoms with Gasteiger partial charge in [-0.05, 0) is 50.6 Å². The third kappa shape index (κ3) is 6.08. The van der Waals surface area contributed by atoms with Crippen LogP contribution in [0.3, 0.4) is 0 Å². The summed E-state index contributed by atoms with van der Waals surface area (Å²) >= 11 is 7.27. The summed E-state index contributed by atoms with van der Waals surface area (Å²) in [4.78, 5) is 29.1. The number of carbonyl (C=O) groups excluding carboxylic acids is 2. The third-order valence-corrected chi connectivity index (χ3v) is 5.89.